The van der Waals surface area contributed by atoms with Gasteiger partial charge < -0.3 is 32.4 Å². The molecule has 1 fully saturated rings. The number of halogens is 2. The molecule has 0 spiro atoms. The standard InChI is InChI=1S/C30H37ClFN9O/c1-17(33)3-2-4-18-11-23(27(32)24(31)12-18)25-13-20-16-41(30(42)40-28(20)39-25)22-7-5-19(6-8-22)26-15-36-14-21(38-26)9-10-37-29(34)35/h5-8,11-13,16-17,21,26,36,38H,2-4,9-10,14-15,33H2,1H3,(H4,34,35,37)(H,39,40,42)/t17-,21-,26+/m0/s1. The summed E-state index contributed by atoms with van der Waals surface area (Å²) in [6, 6.07) is 13.5. The quantitative estimate of drug-likeness (QED) is 0.110. The molecule has 222 valence electrons. The third-order valence-corrected chi connectivity index (χ3v) is 7.84. The van der Waals surface area contributed by atoms with Gasteiger partial charge in [-0.05, 0) is 74.1 Å². The van der Waals surface area contributed by atoms with Crippen LogP contribution in [0.4, 0.5) is 4.39 Å². The van der Waals surface area contributed by atoms with Crippen molar-refractivity contribution in [2.45, 2.75) is 50.7 Å². The number of hydrogen-bond acceptors (Lipinski definition) is 6. The summed E-state index contributed by atoms with van der Waals surface area (Å²) in [5.74, 6) is -0.549. The summed E-state index contributed by atoms with van der Waals surface area (Å²) in [4.78, 5) is 20.3. The fourth-order valence-electron chi connectivity index (χ4n) is 5.39. The maximum atomic E-state index is 15.1. The first-order chi connectivity index (χ1) is 20.2. The number of aryl methyl sites for hydroxylation is 1. The molecule has 12 heteroatoms. The highest BCUT2D eigenvalue weighted by Gasteiger charge is 2.22. The fraction of sp³-hybridized carbons (Fsp3) is 0.367. The van der Waals surface area contributed by atoms with Crippen molar-refractivity contribution in [3.05, 3.63) is 81.1 Å². The number of aromatic amines is 1. The zero-order chi connectivity index (χ0) is 29.8. The minimum Gasteiger partial charge on any atom is -0.370 e. The van der Waals surface area contributed by atoms with Crippen molar-refractivity contribution < 1.29 is 4.39 Å². The van der Waals surface area contributed by atoms with Crippen molar-refractivity contribution in [3.8, 4) is 16.9 Å². The lowest BCUT2D eigenvalue weighted by Gasteiger charge is -2.32. The summed E-state index contributed by atoms with van der Waals surface area (Å²) in [5, 5.41) is 18.0. The Kier molecular flexibility index (Phi) is 9.22. The van der Waals surface area contributed by atoms with Crippen LogP contribution in [0.2, 0.25) is 5.02 Å². The number of H-pyrrole nitrogens is 1. The molecule has 3 heterocycles. The first kappa shape index (κ1) is 29.7. The van der Waals surface area contributed by atoms with Gasteiger partial charge in [-0.15, -0.1) is 0 Å². The Bertz CT molecular complexity index is 1620. The normalized spacial score (nSPS) is 17.8. The Morgan fingerprint density at radius 1 is 1.26 bits per heavy atom. The van der Waals surface area contributed by atoms with Gasteiger partial charge in [-0.3, -0.25) is 9.98 Å². The van der Waals surface area contributed by atoms with Crippen molar-refractivity contribution in [3.63, 3.8) is 0 Å². The van der Waals surface area contributed by atoms with E-state index in [2.05, 4.69) is 25.9 Å². The second-order valence-corrected chi connectivity index (χ2v) is 11.4. The number of nitrogens with zero attached hydrogens (tertiary/aromatic N) is 2. The fourth-order valence-corrected chi connectivity index (χ4v) is 5.63. The lowest BCUT2D eigenvalue weighted by Crippen LogP contribution is -2.51. The third-order valence-electron chi connectivity index (χ3n) is 7.57. The van der Waals surface area contributed by atoms with Gasteiger partial charge in [0.05, 0.1) is 16.4 Å². The summed E-state index contributed by atoms with van der Waals surface area (Å²) in [6.07, 6.45) is 5.01. The number of aromatic nitrogens is 3. The van der Waals surface area contributed by atoms with Crippen molar-refractivity contribution in [1.82, 2.24) is 30.5 Å². The van der Waals surface area contributed by atoms with E-state index < -0.39 is 11.5 Å². The number of nitrogens with one attached hydrogen (secondary N) is 5. The monoisotopic (exact) mass is 593 g/mol. The summed E-state index contributed by atoms with van der Waals surface area (Å²) in [5.41, 5.74) is 14.7. The van der Waals surface area contributed by atoms with Gasteiger partial charge in [-0.2, -0.15) is 4.98 Å². The van der Waals surface area contributed by atoms with Gasteiger partial charge in [0.2, 0.25) is 0 Å². The molecule has 9 N–H and O–H groups in total. The third kappa shape index (κ3) is 6.99. The van der Waals surface area contributed by atoms with E-state index in [1.54, 1.807) is 24.4 Å². The molecule has 10 nitrogen and oxygen atoms in total. The van der Waals surface area contributed by atoms with Gasteiger partial charge in [0.15, 0.2) is 11.8 Å². The molecule has 42 heavy (non-hydrogen) atoms. The van der Waals surface area contributed by atoms with Gasteiger partial charge in [-0.1, -0.05) is 23.7 Å². The van der Waals surface area contributed by atoms with Crippen LogP contribution in [0.1, 0.15) is 43.4 Å². The maximum Gasteiger partial charge on any atom is 0.354 e. The number of rotatable bonds is 10. The van der Waals surface area contributed by atoms with E-state index in [1.807, 2.05) is 31.2 Å². The van der Waals surface area contributed by atoms with E-state index in [1.165, 1.54) is 4.57 Å². The first-order valence-electron chi connectivity index (χ1n) is 14.2. The summed E-state index contributed by atoms with van der Waals surface area (Å²) in [6.45, 7) is 4.20. The molecular weight excluding hydrogens is 557 g/mol. The van der Waals surface area contributed by atoms with E-state index in [4.69, 9.17) is 28.5 Å². The molecule has 3 atom stereocenters. The topological polar surface area (TPSA) is 163 Å². The predicted octanol–water partition coefficient (Wildman–Crippen LogP) is 3.32. The smallest absolute Gasteiger partial charge is 0.354 e. The van der Waals surface area contributed by atoms with Gasteiger partial charge in [0.25, 0.3) is 0 Å². The second kappa shape index (κ2) is 13.0. The molecule has 5 rings (SSSR count). The summed E-state index contributed by atoms with van der Waals surface area (Å²) >= 11 is 6.24. The highest BCUT2D eigenvalue weighted by Crippen LogP contribution is 2.31. The highest BCUT2D eigenvalue weighted by molar-refractivity contribution is 6.31. The van der Waals surface area contributed by atoms with Crippen LogP contribution < -0.4 is 33.1 Å². The van der Waals surface area contributed by atoms with E-state index in [0.717, 1.165) is 49.9 Å². The van der Waals surface area contributed by atoms with Crippen molar-refractivity contribution in [1.29, 1.82) is 5.41 Å². The van der Waals surface area contributed by atoms with Crippen LogP contribution in [0.25, 0.3) is 28.0 Å². The lowest BCUT2D eigenvalue weighted by molar-refractivity contribution is 0.330. The van der Waals surface area contributed by atoms with Crippen molar-refractivity contribution in [2.24, 2.45) is 11.5 Å². The maximum absolute atomic E-state index is 15.1. The van der Waals surface area contributed by atoms with E-state index in [-0.39, 0.29) is 29.1 Å². The SMILES string of the molecule is C[C@H](N)CCCc1cc(Cl)c(F)c(-c2cc3cn(-c4ccc([C@H]5CNC[C@H](CCNC(=N)N)N5)cc4)c(=O)nc3[nH]2)c1. The van der Waals surface area contributed by atoms with Crippen LogP contribution in [0.3, 0.4) is 0 Å². The number of fused-ring (bicyclic) bond motifs is 1. The first-order valence-corrected chi connectivity index (χ1v) is 14.6. The molecule has 2 aromatic carbocycles. The molecule has 2 aromatic heterocycles. The Labute approximate surface area is 248 Å². The van der Waals surface area contributed by atoms with Crippen LogP contribution in [0, 0.1) is 11.2 Å². The van der Waals surface area contributed by atoms with Crippen LogP contribution in [-0.2, 0) is 6.42 Å². The van der Waals surface area contributed by atoms with Crippen molar-refractivity contribution >= 4 is 28.6 Å². The number of benzene rings is 2. The van der Waals surface area contributed by atoms with E-state index in [0.29, 0.717) is 34.5 Å². The molecule has 0 amide bonds. The lowest BCUT2D eigenvalue weighted by atomic mass is 10.0. The zero-order valence-electron chi connectivity index (χ0n) is 23.5. The van der Waals surface area contributed by atoms with Crippen LogP contribution in [0.5, 0.6) is 0 Å². The summed E-state index contributed by atoms with van der Waals surface area (Å²) in [7, 11) is 0. The largest absolute Gasteiger partial charge is 0.370 e. The van der Waals surface area contributed by atoms with Gasteiger partial charge in [0, 0.05) is 54.9 Å². The minimum atomic E-state index is -0.520. The second-order valence-electron chi connectivity index (χ2n) is 11.0. The predicted molar refractivity (Wildman–Crippen MR) is 166 cm³/mol. The molecule has 0 radical (unpaired) electrons. The average molecular weight is 594 g/mol. The molecule has 1 aliphatic rings. The Balaban J connectivity index is 1.35. The molecule has 1 saturated heterocycles. The van der Waals surface area contributed by atoms with Crippen molar-refractivity contribution in [2.75, 3.05) is 19.6 Å². The van der Waals surface area contributed by atoms with Gasteiger partial charge in [-0.25, -0.2) is 9.18 Å². The van der Waals surface area contributed by atoms with Crippen LogP contribution in [0.15, 0.2) is 53.5 Å². The highest BCUT2D eigenvalue weighted by atomic mass is 35.5. The molecular formula is C30H37ClFN9O. The summed E-state index contributed by atoms with van der Waals surface area (Å²) < 4.78 is 16.6. The minimum absolute atomic E-state index is 0.0285. The molecule has 0 aliphatic carbocycles. The Morgan fingerprint density at radius 3 is 2.79 bits per heavy atom. The Hall–Kier alpha value is -3.77. The molecule has 1 aliphatic heterocycles. The number of guanidine groups is 1. The number of piperazine rings is 1. The number of nitrogens with two attached hydrogens (primary N) is 2. The zero-order valence-corrected chi connectivity index (χ0v) is 24.3. The van der Waals surface area contributed by atoms with E-state index in [9.17, 15) is 4.79 Å². The van der Waals surface area contributed by atoms with Gasteiger partial charge in [0.1, 0.15) is 5.65 Å². The van der Waals surface area contributed by atoms with Gasteiger partial charge >= 0.3 is 5.69 Å². The van der Waals surface area contributed by atoms with Crippen LogP contribution >= 0.6 is 11.6 Å². The Morgan fingerprint density at radius 2 is 2.05 bits per heavy atom. The van der Waals surface area contributed by atoms with Crippen LogP contribution in [-0.4, -0.2) is 52.2 Å². The molecule has 0 saturated carbocycles. The number of hydrogen-bond donors (Lipinski definition) is 7. The molecule has 4 aromatic rings. The molecule has 0 unspecified atom stereocenters. The average Bonchev–Trinajstić information content (AvgIpc) is 3.37. The van der Waals surface area contributed by atoms with E-state index >= 15 is 4.39 Å². The molecule has 0 bridgehead atoms.